The van der Waals surface area contributed by atoms with Crippen LogP contribution in [0.3, 0.4) is 0 Å². The lowest BCUT2D eigenvalue weighted by molar-refractivity contribution is -0.129. The number of thioether (sulfide) groups is 1. The number of aliphatic imine (C=N–C) groups is 1. The van der Waals surface area contributed by atoms with Crippen molar-refractivity contribution in [3.05, 3.63) is 66.2 Å². The molecule has 1 N–H and O–H groups in total. The number of nitrogens with zero attached hydrogens (tertiary/aromatic N) is 2. The lowest BCUT2D eigenvalue weighted by Crippen LogP contribution is -2.45. The van der Waals surface area contributed by atoms with Gasteiger partial charge in [-0.25, -0.2) is 4.99 Å². The number of carbonyl (C=O) groups is 2. The summed E-state index contributed by atoms with van der Waals surface area (Å²) < 4.78 is 5.41. The van der Waals surface area contributed by atoms with E-state index in [0.717, 1.165) is 5.75 Å². The van der Waals surface area contributed by atoms with E-state index in [2.05, 4.69) is 16.9 Å². The first kappa shape index (κ1) is 21.9. The van der Waals surface area contributed by atoms with Gasteiger partial charge in [-0.1, -0.05) is 35.5 Å². The zero-order valence-corrected chi connectivity index (χ0v) is 18.1. The maximum absolute atomic E-state index is 12.8. The molecule has 1 saturated heterocycles. The molecule has 0 spiro atoms. The molecule has 30 heavy (non-hydrogen) atoms. The number of nitrogens with one attached hydrogen (secondary N) is 1. The average molecular weight is 444 g/mol. The maximum Gasteiger partial charge on any atom is 0.238 e. The molecule has 0 aliphatic carbocycles. The van der Waals surface area contributed by atoms with Gasteiger partial charge in [-0.2, -0.15) is 0 Å². The minimum atomic E-state index is -0.594. The summed E-state index contributed by atoms with van der Waals surface area (Å²) in [4.78, 5) is 31.6. The Balaban J connectivity index is 1.77. The number of carbonyl (C=O) groups excluding carboxylic acids is 2. The molecule has 2 aromatic carbocycles. The molecule has 156 valence electrons. The molecule has 6 nitrogen and oxygen atoms in total. The summed E-state index contributed by atoms with van der Waals surface area (Å²) in [6.45, 7) is 6.50. The highest BCUT2D eigenvalue weighted by atomic mass is 35.5. The summed E-state index contributed by atoms with van der Waals surface area (Å²) in [5.74, 6) is 0.296. The predicted octanol–water partition coefficient (Wildman–Crippen LogP) is 4.89. The Bertz CT molecular complexity index is 962. The van der Waals surface area contributed by atoms with Crippen molar-refractivity contribution in [2.75, 3.05) is 18.5 Å². The van der Waals surface area contributed by atoms with Crippen LogP contribution in [0, 0.1) is 0 Å². The molecule has 0 radical (unpaired) electrons. The zero-order chi connectivity index (χ0) is 21.5. The molecule has 1 aliphatic rings. The first-order valence-corrected chi connectivity index (χ1v) is 10.7. The Morgan fingerprint density at radius 1 is 1.37 bits per heavy atom. The van der Waals surface area contributed by atoms with E-state index in [1.165, 1.54) is 16.7 Å². The van der Waals surface area contributed by atoms with Gasteiger partial charge in [0.25, 0.3) is 0 Å². The Morgan fingerprint density at radius 2 is 2.13 bits per heavy atom. The number of anilines is 1. The van der Waals surface area contributed by atoms with Gasteiger partial charge in [0.2, 0.25) is 11.8 Å². The third kappa shape index (κ3) is 5.64. The van der Waals surface area contributed by atoms with Crippen LogP contribution >= 0.6 is 23.4 Å². The van der Waals surface area contributed by atoms with Crippen molar-refractivity contribution in [3.8, 4) is 5.75 Å². The van der Waals surface area contributed by atoms with E-state index in [-0.39, 0.29) is 18.2 Å². The van der Waals surface area contributed by atoms with Crippen LogP contribution in [0.1, 0.15) is 13.3 Å². The minimum absolute atomic E-state index is 0.0793. The predicted molar refractivity (Wildman–Crippen MR) is 123 cm³/mol. The van der Waals surface area contributed by atoms with Crippen LogP contribution in [0.4, 0.5) is 11.4 Å². The maximum atomic E-state index is 12.8. The fourth-order valence-electron chi connectivity index (χ4n) is 2.83. The van der Waals surface area contributed by atoms with Crippen LogP contribution in [-0.4, -0.2) is 40.3 Å². The number of halogens is 1. The molecule has 1 unspecified atom stereocenters. The van der Waals surface area contributed by atoms with E-state index in [1.54, 1.807) is 54.6 Å². The average Bonchev–Trinajstić information content (AvgIpc) is 2.72. The second-order valence-corrected chi connectivity index (χ2v) is 8.03. The zero-order valence-electron chi connectivity index (χ0n) is 16.5. The molecule has 1 aliphatic heterocycles. The summed E-state index contributed by atoms with van der Waals surface area (Å²) in [6.07, 6.45) is 1.71. The molecule has 1 fully saturated rings. The van der Waals surface area contributed by atoms with E-state index >= 15 is 0 Å². The third-order valence-electron chi connectivity index (χ3n) is 4.21. The van der Waals surface area contributed by atoms with E-state index < -0.39 is 5.25 Å². The fourth-order valence-corrected chi connectivity index (χ4v) is 4.12. The number of ether oxygens (including phenoxy) is 1. The van der Waals surface area contributed by atoms with Gasteiger partial charge < -0.3 is 10.1 Å². The van der Waals surface area contributed by atoms with Gasteiger partial charge in [-0.15, -0.1) is 6.58 Å². The first-order chi connectivity index (χ1) is 14.5. The van der Waals surface area contributed by atoms with Crippen molar-refractivity contribution in [1.82, 2.24) is 4.90 Å². The van der Waals surface area contributed by atoms with Crippen molar-refractivity contribution >= 4 is 51.7 Å². The smallest absolute Gasteiger partial charge is 0.238 e. The van der Waals surface area contributed by atoms with E-state index in [9.17, 15) is 9.59 Å². The monoisotopic (exact) mass is 443 g/mol. The summed E-state index contributed by atoms with van der Waals surface area (Å²) in [6, 6.07) is 14.1. The molecule has 1 heterocycles. The summed E-state index contributed by atoms with van der Waals surface area (Å²) in [5, 5.41) is 3.26. The van der Waals surface area contributed by atoms with Gasteiger partial charge in [0.1, 0.15) is 11.0 Å². The highest BCUT2D eigenvalue weighted by Crippen LogP contribution is 2.30. The van der Waals surface area contributed by atoms with Crippen LogP contribution < -0.4 is 10.1 Å². The third-order valence-corrected chi connectivity index (χ3v) is 5.63. The van der Waals surface area contributed by atoms with Gasteiger partial charge in [0.05, 0.1) is 12.3 Å². The largest absolute Gasteiger partial charge is 0.494 e. The molecule has 8 heteroatoms. The normalized spacial score (nSPS) is 17.7. The topological polar surface area (TPSA) is 71.0 Å². The van der Waals surface area contributed by atoms with E-state index in [1.807, 2.05) is 6.92 Å². The molecule has 0 aromatic heterocycles. The van der Waals surface area contributed by atoms with Gasteiger partial charge in [0, 0.05) is 23.7 Å². The summed E-state index contributed by atoms with van der Waals surface area (Å²) in [5.41, 5.74) is 1.25. The van der Waals surface area contributed by atoms with Crippen molar-refractivity contribution in [2.45, 2.75) is 18.6 Å². The molecular weight excluding hydrogens is 422 g/mol. The first-order valence-electron chi connectivity index (χ1n) is 9.46. The van der Waals surface area contributed by atoms with Crippen LogP contribution in [0.25, 0.3) is 0 Å². The fraction of sp³-hybridized carbons (Fsp3) is 0.227. The van der Waals surface area contributed by atoms with Gasteiger partial charge >= 0.3 is 0 Å². The van der Waals surface area contributed by atoms with Crippen LogP contribution in [0.2, 0.25) is 5.02 Å². The molecule has 0 saturated carbocycles. The second kappa shape index (κ2) is 10.3. The van der Waals surface area contributed by atoms with Crippen molar-refractivity contribution < 1.29 is 14.3 Å². The number of rotatable bonds is 7. The lowest BCUT2D eigenvalue weighted by atomic mass is 10.2. The van der Waals surface area contributed by atoms with Crippen LogP contribution in [0.15, 0.2) is 66.2 Å². The lowest BCUT2D eigenvalue weighted by Gasteiger charge is -2.31. The molecule has 3 rings (SSSR count). The second-order valence-electron chi connectivity index (χ2n) is 6.42. The van der Waals surface area contributed by atoms with Gasteiger partial charge in [-0.3, -0.25) is 14.5 Å². The number of benzene rings is 2. The number of hydrogen-bond donors (Lipinski definition) is 1. The number of hydrogen-bond acceptors (Lipinski definition) is 5. The number of amidine groups is 1. The number of amides is 2. The molecule has 0 bridgehead atoms. The van der Waals surface area contributed by atoms with Gasteiger partial charge in [-0.05, 0) is 49.4 Å². The van der Waals surface area contributed by atoms with Crippen molar-refractivity contribution in [2.24, 2.45) is 4.99 Å². The molecule has 2 aromatic rings. The van der Waals surface area contributed by atoms with Crippen molar-refractivity contribution in [1.29, 1.82) is 0 Å². The molecule has 2 amide bonds. The minimum Gasteiger partial charge on any atom is -0.494 e. The Morgan fingerprint density at radius 3 is 2.80 bits per heavy atom. The standard InChI is InChI=1S/C22H22ClN3O3S/c1-3-12-26-20(27)14-19(30-22(26)25-17-7-5-6-15(23)13-17)21(28)24-16-8-10-18(11-9-16)29-4-2/h3,5-11,13,19H,1,4,12,14H2,2H3,(H,24,28). The quantitative estimate of drug-likeness (QED) is 0.619. The van der Waals surface area contributed by atoms with Gasteiger partial charge in [0.15, 0.2) is 5.17 Å². The Hall–Kier alpha value is -2.77. The Kier molecular flexibility index (Phi) is 7.54. The molecular formula is C22H22ClN3O3S. The van der Waals surface area contributed by atoms with E-state index in [4.69, 9.17) is 16.3 Å². The van der Waals surface area contributed by atoms with E-state index in [0.29, 0.717) is 34.7 Å². The molecule has 1 atom stereocenters. The van der Waals surface area contributed by atoms with Crippen LogP contribution in [0.5, 0.6) is 5.75 Å². The SMILES string of the molecule is C=CCN1C(=O)CC(C(=O)Nc2ccc(OCC)cc2)SC1=Nc1cccc(Cl)c1. The summed E-state index contributed by atoms with van der Waals surface area (Å²) in [7, 11) is 0. The van der Waals surface area contributed by atoms with Crippen LogP contribution in [-0.2, 0) is 9.59 Å². The highest BCUT2D eigenvalue weighted by molar-refractivity contribution is 8.15. The Labute approximate surface area is 185 Å². The van der Waals surface area contributed by atoms with Crippen molar-refractivity contribution in [3.63, 3.8) is 0 Å². The summed E-state index contributed by atoms with van der Waals surface area (Å²) >= 11 is 7.29. The highest BCUT2D eigenvalue weighted by Gasteiger charge is 2.35.